The summed E-state index contributed by atoms with van der Waals surface area (Å²) in [5, 5.41) is 1.06. The Morgan fingerprint density at radius 2 is 1.72 bits per heavy atom. The number of likely N-dealkylation sites (N-methyl/N-ethyl adjacent to an activating group) is 1. The van der Waals surface area contributed by atoms with Gasteiger partial charge in [-0.3, -0.25) is 9.69 Å². The van der Waals surface area contributed by atoms with Gasteiger partial charge in [-0.15, -0.1) is 0 Å². The molecule has 0 bridgehead atoms. The van der Waals surface area contributed by atoms with Crippen LogP contribution in [0.1, 0.15) is 44.5 Å². The zero-order valence-corrected chi connectivity index (χ0v) is 25.6. The van der Waals surface area contributed by atoms with Gasteiger partial charge in [-0.05, 0) is 67.7 Å². The fourth-order valence-corrected chi connectivity index (χ4v) is 8.12. The number of methoxy groups -OCH3 is 1. The molecule has 2 heterocycles. The van der Waals surface area contributed by atoms with Gasteiger partial charge in [0.15, 0.2) is 5.13 Å². The lowest BCUT2D eigenvalue weighted by atomic mass is 9.94. The summed E-state index contributed by atoms with van der Waals surface area (Å²) in [6, 6.07) is 9.78. The molecule has 2 unspecified atom stereocenters. The van der Waals surface area contributed by atoms with Gasteiger partial charge in [0.25, 0.3) is 5.91 Å². The maximum absolute atomic E-state index is 13.8. The minimum atomic E-state index is -3.64. The predicted octanol–water partition coefficient (Wildman–Crippen LogP) is 5.61. The van der Waals surface area contributed by atoms with Crippen LogP contribution in [0.15, 0.2) is 41.3 Å². The summed E-state index contributed by atoms with van der Waals surface area (Å²) in [5.41, 5.74) is 1.00. The number of ether oxygens (including phenoxy) is 1. The maximum atomic E-state index is 13.8. The molecule has 1 aliphatic rings. The van der Waals surface area contributed by atoms with Crippen molar-refractivity contribution >= 4 is 54.2 Å². The minimum Gasteiger partial charge on any atom is -0.494 e. The molecule has 0 aliphatic carbocycles. The number of amides is 1. The van der Waals surface area contributed by atoms with Crippen molar-refractivity contribution in [3.05, 3.63) is 47.0 Å². The van der Waals surface area contributed by atoms with Gasteiger partial charge in [-0.1, -0.05) is 50.6 Å². The molecule has 1 aromatic heterocycles. The second-order valence-electron chi connectivity index (χ2n) is 10.2. The van der Waals surface area contributed by atoms with E-state index in [0.29, 0.717) is 65.0 Å². The van der Waals surface area contributed by atoms with E-state index in [-0.39, 0.29) is 10.8 Å². The van der Waals surface area contributed by atoms with Crippen molar-refractivity contribution in [2.45, 2.75) is 39.0 Å². The molecule has 11 heteroatoms. The molecule has 2 atom stereocenters. The normalized spacial score (nSPS) is 18.5. The Labute approximate surface area is 240 Å². The van der Waals surface area contributed by atoms with Crippen molar-refractivity contribution in [2.24, 2.45) is 11.8 Å². The predicted molar refractivity (Wildman–Crippen MR) is 159 cm³/mol. The Balaban J connectivity index is 1.65. The number of benzene rings is 2. The third-order valence-electron chi connectivity index (χ3n) is 7.25. The van der Waals surface area contributed by atoms with Crippen LogP contribution in [0.25, 0.3) is 10.2 Å². The monoisotopic (exact) mass is 592 g/mol. The topological polar surface area (TPSA) is 83.1 Å². The Morgan fingerprint density at radius 3 is 2.31 bits per heavy atom. The smallest absolute Gasteiger partial charge is 0.260 e. The van der Waals surface area contributed by atoms with E-state index in [2.05, 4.69) is 32.6 Å². The standard InChI is InChI=1S/C28H37ClN4O4S2/c1-6-31(7-2)14-15-33(28-30-25-24(37-5)13-12-23(29)26(25)38-28)27(34)21-8-10-22(11-9-21)39(35,36)32-17-19(3)16-20(4)18-32/h8-13,19-20H,6-7,14-18H2,1-5H3. The maximum Gasteiger partial charge on any atom is 0.260 e. The quantitative estimate of drug-likeness (QED) is 0.304. The fraction of sp³-hybridized carbons (Fsp3) is 0.500. The van der Waals surface area contributed by atoms with Crippen molar-refractivity contribution in [1.82, 2.24) is 14.2 Å². The molecule has 2 aromatic carbocycles. The van der Waals surface area contributed by atoms with Crippen LogP contribution in [0.5, 0.6) is 5.75 Å². The van der Waals surface area contributed by atoms with E-state index in [1.807, 2.05) is 0 Å². The molecule has 0 saturated carbocycles. The molecule has 8 nitrogen and oxygen atoms in total. The van der Waals surface area contributed by atoms with Gasteiger partial charge in [0, 0.05) is 31.7 Å². The summed E-state index contributed by atoms with van der Waals surface area (Å²) in [6.45, 7) is 12.2. The molecule has 0 N–H and O–H groups in total. The van der Waals surface area contributed by atoms with E-state index in [1.165, 1.54) is 23.5 Å². The molecule has 1 aliphatic heterocycles. The minimum absolute atomic E-state index is 0.201. The molecular weight excluding hydrogens is 556 g/mol. The summed E-state index contributed by atoms with van der Waals surface area (Å²) < 4.78 is 34.5. The van der Waals surface area contributed by atoms with E-state index >= 15 is 0 Å². The van der Waals surface area contributed by atoms with Crippen molar-refractivity contribution in [1.29, 1.82) is 0 Å². The van der Waals surface area contributed by atoms with Crippen LogP contribution in [-0.4, -0.2) is 74.9 Å². The Bertz CT molecular complexity index is 1400. The first-order chi connectivity index (χ1) is 18.6. The Hall–Kier alpha value is -2.24. The molecule has 1 saturated heterocycles. The van der Waals surface area contributed by atoms with E-state index < -0.39 is 10.0 Å². The van der Waals surface area contributed by atoms with Gasteiger partial charge in [-0.2, -0.15) is 4.31 Å². The van der Waals surface area contributed by atoms with Crippen molar-refractivity contribution in [3.8, 4) is 5.75 Å². The van der Waals surface area contributed by atoms with Gasteiger partial charge in [0.2, 0.25) is 10.0 Å². The number of fused-ring (bicyclic) bond motifs is 1. The SMILES string of the molecule is CCN(CC)CCN(C(=O)c1ccc(S(=O)(=O)N2CC(C)CC(C)C2)cc1)c1nc2c(OC)ccc(Cl)c2s1. The molecule has 212 valence electrons. The zero-order chi connectivity index (χ0) is 28.3. The average Bonchev–Trinajstić information content (AvgIpc) is 3.37. The second-order valence-corrected chi connectivity index (χ2v) is 13.5. The zero-order valence-electron chi connectivity index (χ0n) is 23.2. The molecule has 0 radical (unpaired) electrons. The number of anilines is 1. The summed E-state index contributed by atoms with van der Waals surface area (Å²) >= 11 is 7.80. The first kappa shape index (κ1) is 29.7. The highest BCUT2D eigenvalue weighted by Crippen LogP contribution is 2.39. The number of aromatic nitrogens is 1. The number of sulfonamides is 1. The van der Waals surface area contributed by atoms with Crippen LogP contribution >= 0.6 is 22.9 Å². The second kappa shape index (κ2) is 12.5. The van der Waals surface area contributed by atoms with Crippen molar-refractivity contribution < 1.29 is 17.9 Å². The van der Waals surface area contributed by atoms with Gasteiger partial charge in [-0.25, -0.2) is 13.4 Å². The van der Waals surface area contributed by atoms with E-state index in [4.69, 9.17) is 21.3 Å². The third-order valence-corrected chi connectivity index (χ3v) is 10.6. The van der Waals surface area contributed by atoms with E-state index in [0.717, 1.165) is 24.2 Å². The van der Waals surface area contributed by atoms with E-state index in [1.54, 1.807) is 40.6 Å². The molecule has 1 amide bonds. The van der Waals surface area contributed by atoms with Gasteiger partial charge in [0.1, 0.15) is 11.3 Å². The number of rotatable bonds is 10. The lowest BCUT2D eigenvalue weighted by Crippen LogP contribution is -2.42. The number of hydrogen-bond donors (Lipinski definition) is 0. The van der Waals surface area contributed by atoms with Gasteiger partial charge < -0.3 is 9.64 Å². The summed E-state index contributed by atoms with van der Waals surface area (Å²) in [7, 11) is -2.06. The number of hydrogen-bond acceptors (Lipinski definition) is 7. The van der Waals surface area contributed by atoms with Gasteiger partial charge in [0.05, 0.1) is 21.7 Å². The number of carbonyl (C=O) groups excluding carboxylic acids is 1. The largest absolute Gasteiger partial charge is 0.494 e. The highest BCUT2D eigenvalue weighted by molar-refractivity contribution is 7.89. The molecule has 1 fully saturated rings. The van der Waals surface area contributed by atoms with E-state index in [9.17, 15) is 13.2 Å². The van der Waals surface area contributed by atoms with Crippen LogP contribution in [-0.2, 0) is 10.0 Å². The van der Waals surface area contributed by atoms with Crippen molar-refractivity contribution in [3.63, 3.8) is 0 Å². The lowest BCUT2D eigenvalue weighted by molar-refractivity contribution is 0.0983. The summed E-state index contributed by atoms with van der Waals surface area (Å²) in [5.74, 6) is 0.957. The summed E-state index contributed by atoms with van der Waals surface area (Å²) in [4.78, 5) is 22.7. The number of thiazole rings is 1. The molecule has 3 aromatic rings. The number of piperidine rings is 1. The number of carbonyl (C=O) groups is 1. The Kier molecular flexibility index (Phi) is 9.54. The molecule has 0 spiro atoms. The molecule has 4 rings (SSSR count). The number of nitrogens with zero attached hydrogens (tertiary/aromatic N) is 4. The van der Waals surface area contributed by atoms with Crippen LogP contribution in [0.4, 0.5) is 5.13 Å². The van der Waals surface area contributed by atoms with Crippen molar-refractivity contribution in [2.75, 3.05) is 51.3 Å². The van der Waals surface area contributed by atoms with Crippen LogP contribution < -0.4 is 9.64 Å². The van der Waals surface area contributed by atoms with Crippen LogP contribution in [0.2, 0.25) is 5.02 Å². The fourth-order valence-electron chi connectivity index (χ4n) is 5.16. The Morgan fingerprint density at radius 1 is 1.08 bits per heavy atom. The first-order valence-electron chi connectivity index (χ1n) is 13.4. The highest BCUT2D eigenvalue weighted by Gasteiger charge is 2.32. The third kappa shape index (κ3) is 6.41. The summed E-state index contributed by atoms with van der Waals surface area (Å²) in [6.07, 6.45) is 1.02. The highest BCUT2D eigenvalue weighted by atomic mass is 35.5. The van der Waals surface area contributed by atoms with Crippen LogP contribution in [0, 0.1) is 11.8 Å². The lowest BCUT2D eigenvalue weighted by Gasteiger charge is -2.34. The molecular formula is C28H37ClN4O4S2. The first-order valence-corrected chi connectivity index (χ1v) is 16.0. The number of halogens is 1. The van der Waals surface area contributed by atoms with Crippen LogP contribution in [0.3, 0.4) is 0 Å². The average molecular weight is 593 g/mol. The molecule has 39 heavy (non-hydrogen) atoms. The van der Waals surface area contributed by atoms with Gasteiger partial charge >= 0.3 is 0 Å².